The molecular formula is C21H21N3O4S. The molecule has 1 N–H and O–H groups in total. The zero-order valence-electron chi connectivity index (χ0n) is 16.0. The summed E-state index contributed by atoms with van der Waals surface area (Å²) in [4.78, 5) is 16.6. The molecule has 3 aromatic rings. The Kier molecular flexibility index (Phi) is 6.46. The largest absolute Gasteiger partial charge is 0.497 e. The summed E-state index contributed by atoms with van der Waals surface area (Å²) in [6, 6.07) is 15.3. The fourth-order valence-corrected chi connectivity index (χ4v) is 3.53. The van der Waals surface area contributed by atoms with Crippen molar-refractivity contribution in [3.05, 3.63) is 83.7 Å². The molecule has 2 aromatic carbocycles. The number of amides is 1. The molecule has 1 heterocycles. The molecule has 0 radical (unpaired) electrons. The summed E-state index contributed by atoms with van der Waals surface area (Å²) in [5, 5.41) is 2.82. The van der Waals surface area contributed by atoms with Crippen LogP contribution >= 0.6 is 0 Å². The number of ether oxygens (including phenoxy) is 1. The zero-order chi connectivity index (χ0) is 20.8. The van der Waals surface area contributed by atoms with Crippen LogP contribution in [0.15, 0.2) is 67.0 Å². The number of pyridine rings is 1. The minimum atomic E-state index is -2.99. The lowest BCUT2D eigenvalue weighted by Crippen LogP contribution is -2.23. The monoisotopic (exact) mass is 411 g/mol. The van der Waals surface area contributed by atoms with Crippen molar-refractivity contribution in [3.8, 4) is 5.75 Å². The summed E-state index contributed by atoms with van der Waals surface area (Å²) in [5.41, 5.74) is 2.78. The van der Waals surface area contributed by atoms with Crippen molar-refractivity contribution >= 4 is 28.2 Å². The van der Waals surface area contributed by atoms with E-state index < -0.39 is 10.9 Å². The van der Waals surface area contributed by atoms with Crippen LogP contribution in [0.5, 0.6) is 5.75 Å². The number of methoxy groups -OCH3 is 1. The van der Waals surface area contributed by atoms with Gasteiger partial charge in [-0.3, -0.25) is 9.78 Å². The smallest absolute Gasteiger partial charge is 0.251 e. The Morgan fingerprint density at radius 1 is 1.14 bits per heavy atom. The van der Waals surface area contributed by atoms with Crippen molar-refractivity contribution in [1.29, 1.82) is 0 Å². The predicted octanol–water partition coefficient (Wildman–Crippen LogP) is 2.99. The van der Waals surface area contributed by atoms with E-state index in [0.717, 1.165) is 11.1 Å². The van der Waals surface area contributed by atoms with Gasteiger partial charge in [0, 0.05) is 30.6 Å². The van der Waals surface area contributed by atoms with E-state index in [1.165, 1.54) is 11.4 Å². The lowest BCUT2D eigenvalue weighted by atomic mass is 10.1. The number of rotatable bonds is 7. The number of carbonyl (C=O) groups excluding carboxylic acids is 1. The van der Waals surface area contributed by atoms with Gasteiger partial charge in [-0.05, 0) is 48.4 Å². The quantitative estimate of drug-likeness (QED) is 0.584. The molecule has 0 saturated carbocycles. The van der Waals surface area contributed by atoms with Crippen molar-refractivity contribution < 1.29 is 17.9 Å². The second-order valence-electron chi connectivity index (χ2n) is 6.30. The molecule has 0 atom stereocenters. The van der Waals surface area contributed by atoms with Gasteiger partial charge < -0.3 is 10.1 Å². The fraction of sp³-hybridized carbons (Fsp3) is 0.143. The number of benzene rings is 2. The third kappa shape index (κ3) is 4.91. The van der Waals surface area contributed by atoms with Crippen LogP contribution in [0.2, 0.25) is 0 Å². The molecule has 0 aliphatic carbocycles. The maximum Gasteiger partial charge on any atom is 0.251 e. The first-order chi connectivity index (χ1) is 14.0. The number of aryl methyl sites for hydroxylation is 1. The first kappa shape index (κ1) is 20.3. The Hall–Kier alpha value is -3.39. The van der Waals surface area contributed by atoms with E-state index in [1.807, 2.05) is 6.07 Å². The predicted molar refractivity (Wildman–Crippen MR) is 112 cm³/mol. The molecule has 0 aliphatic heterocycles. The first-order valence-corrected chi connectivity index (χ1v) is 9.99. The van der Waals surface area contributed by atoms with Crippen LogP contribution < -0.4 is 14.4 Å². The van der Waals surface area contributed by atoms with E-state index in [1.54, 1.807) is 67.8 Å². The van der Waals surface area contributed by atoms with Gasteiger partial charge in [0.05, 0.1) is 18.5 Å². The van der Waals surface area contributed by atoms with E-state index in [2.05, 4.69) is 10.3 Å². The number of anilines is 2. The summed E-state index contributed by atoms with van der Waals surface area (Å²) < 4.78 is 30.5. The normalized spacial score (nSPS) is 10.6. The van der Waals surface area contributed by atoms with E-state index in [9.17, 15) is 13.2 Å². The van der Waals surface area contributed by atoms with Gasteiger partial charge in [0.2, 0.25) is 10.9 Å². The van der Waals surface area contributed by atoms with Gasteiger partial charge >= 0.3 is 0 Å². The van der Waals surface area contributed by atoms with Crippen LogP contribution in [0, 0.1) is 6.92 Å². The number of hydrogen-bond donors (Lipinski definition) is 2. The highest BCUT2D eigenvalue weighted by atomic mass is 32.2. The van der Waals surface area contributed by atoms with Crippen LogP contribution in [0.1, 0.15) is 21.5 Å². The minimum absolute atomic E-state index is 0.304. The van der Waals surface area contributed by atoms with Gasteiger partial charge in [-0.1, -0.05) is 18.2 Å². The van der Waals surface area contributed by atoms with Crippen LogP contribution in [-0.4, -0.2) is 26.4 Å². The number of thiol groups is 1. The number of nitrogens with zero attached hydrogens (tertiary/aromatic N) is 2. The Morgan fingerprint density at radius 3 is 2.66 bits per heavy atom. The van der Waals surface area contributed by atoms with Gasteiger partial charge in [0.25, 0.3) is 5.91 Å². The Bertz CT molecular complexity index is 1080. The third-order valence-electron chi connectivity index (χ3n) is 4.34. The summed E-state index contributed by atoms with van der Waals surface area (Å²) in [5.74, 6) is 0.231. The molecule has 29 heavy (non-hydrogen) atoms. The molecular weight excluding hydrogens is 390 g/mol. The molecule has 0 unspecified atom stereocenters. The Morgan fingerprint density at radius 2 is 1.97 bits per heavy atom. The number of aromatic nitrogens is 1. The number of hydrogen-bond acceptors (Lipinski definition) is 5. The van der Waals surface area contributed by atoms with Gasteiger partial charge in [0.1, 0.15) is 5.75 Å². The van der Waals surface area contributed by atoms with Gasteiger partial charge in [-0.25, -0.2) is 12.7 Å². The fourth-order valence-electron chi connectivity index (χ4n) is 2.83. The lowest BCUT2D eigenvalue weighted by Gasteiger charge is -2.21. The zero-order valence-corrected chi connectivity index (χ0v) is 16.9. The van der Waals surface area contributed by atoms with Gasteiger partial charge in [-0.2, -0.15) is 0 Å². The molecule has 1 amide bonds. The molecule has 3 rings (SSSR count). The average molecular weight is 411 g/mol. The molecule has 150 valence electrons. The van der Waals surface area contributed by atoms with Crippen molar-refractivity contribution in [2.24, 2.45) is 0 Å². The summed E-state index contributed by atoms with van der Waals surface area (Å²) in [6.07, 6.45) is 3.34. The molecule has 0 bridgehead atoms. The Balaban J connectivity index is 1.90. The van der Waals surface area contributed by atoms with Crippen LogP contribution in [0.25, 0.3) is 0 Å². The maximum absolute atomic E-state index is 12.6. The SMILES string of the molecule is COc1cccc(N(c2cc(C(=O)NCc3cccnc3)ccc2C)[SH](=O)=O)c1. The number of nitrogens with one attached hydrogen (secondary N) is 1. The highest BCUT2D eigenvalue weighted by Gasteiger charge is 2.17. The van der Waals surface area contributed by atoms with Crippen molar-refractivity contribution in [2.45, 2.75) is 13.5 Å². The topological polar surface area (TPSA) is 88.6 Å². The molecule has 1 aromatic heterocycles. The molecule has 0 spiro atoms. The lowest BCUT2D eigenvalue weighted by molar-refractivity contribution is 0.0951. The number of carbonyl (C=O) groups is 1. The summed E-state index contributed by atoms with van der Waals surface area (Å²) >= 11 is 0. The second kappa shape index (κ2) is 9.20. The van der Waals surface area contributed by atoms with Gasteiger partial charge in [-0.15, -0.1) is 0 Å². The third-order valence-corrected chi connectivity index (χ3v) is 5.11. The highest BCUT2D eigenvalue weighted by Crippen LogP contribution is 2.31. The maximum atomic E-state index is 12.6. The van der Waals surface area contributed by atoms with E-state index >= 15 is 0 Å². The highest BCUT2D eigenvalue weighted by molar-refractivity contribution is 7.74. The molecule has 7 nitrogen and oxygen atoms in total. The van der Waals surface area contributed by atoms with Crippen molar-refractivity contribution in [1.82, 2.24) is 10.3 Å². The van der Waals surface area contributed by atoms with Crippen LogP contribution in [-0.2, 0) is 17.4 Å². The van der Waals surface area contributed by atoms with E-state index in [0.29, 0.717) is 29.2 Å². The Labute approximate surface area is 171 Å². The minimum Gasteiger partial charge on any atom is -0.497 e. The van der Waals surface area contributed by atoms with Crippen LogP contribution in [0.4, 0.5) is 11.4 Å². The molecule has 0 fully saturated rings. The second-order valence-corrected chi connectivity index (χ2v) is 7.17. The van der Waals surface area contributed by atoms with E-state index in [4.69, 9.17) is 4.74 Å². The van der Waals surface area contributed by atoms with Gasteiger partial charge in [0.15, 0.2) is 0 Å². The van der Waals surface area contributed by atoms with Crippen LogP contribution in [0.3, 0.4) is 0 Å². The molecule has 0 aliphatic rings. The van der Waals surface area contributed by atoms with E-state index in [-0.39, 0.29) is 5.91 Å². The first-order valence-electron chi connectivity index (χ1n) is 8.86. The molecule has 0 saturated heterocycles. The van der Waals surface area contributed by atoms with Crippen molar-refractivity contribution in [3.63, 3.8) is 0 Å². The summed E-state index contributed by atoms with van der Waals surface area (Å²) in [6.45, 7) is 2.12. The summed E-state index contributed by atoms with van der Waals surface area (Å²) in [7, 11) is -1.47. The molecule has 8 heteroatoms. The van der Waals surface area contributed by atoms with Crippen molar-refractivity contribution in [2.75, 3.05) is 11.4 Å². The standard InChI is InChI=1S/C21H21N3O4S/c1-15-8-9-17(21(25)23-14-16-5-4-10-22-13-16)11-20(15)24(29(26)27)18-6-3-7-19(12-18)28-2/h3-13,29H,14H2,1-2H3,(H,23,25). The average Bonchev–Trinajstić information content (AvgIpc) is 2.74.